The molecule has 0 radical (unpaired) electrons. The van der Waals surface area contributed by atoms with Crippen LogP contribution in [0.1, 0.15) is 12.2 Å². The van der Waals surface area contributed by atoms with E-state index in [2.05, 4.69) is 31.8 Å². The van der Waals surface area contributed by atoms with Crippen molar-refractivity contribution in [2.45, 2.75) is 10.2 Å². The molecule has 0 saturated carbocycles. The molecular formula is C18H22Cl3N5O2. The Balaban J connectivity index is 2.08. The van der Waals surface area contributed by atoms with Gasteiger partial charge in [-0.05, 0) is 32.1 Å². The third kappa shape index (κ3) is 5.08. The number of rotatable bonds is 4. The van der Waals surface area contributed by atoms with Gasteiger partial charge >= 0.3 is 0 Å². The van der Waals surface area contributed by atoms with Crippen molar-refractivity contribution in [1.29, 1.82) is 0 Å². The molecule has 0 amide bonds. The van der Waals surface area contributed by atoms with Gasteiger partial charge in [-0.1, -0.05) is 34.8 Å². The lowest BCUT2D eigenvalue weighted by Gasteiger charge is -2.22. The first-order valence-electron chi connectivity index (χ1n) is 8.80. The lowest BCUT2D eigenvalue weighted by molar-refractivity contribution is 0.360. The van der Waals surface area contributed by atoms with Crippen molar-refractivity contribution in [1.82, 2.24) is 19.9 Å². The maximum absolute atomic E-state index is 6.10. The Labute approximate surface area is 179 Å². The molecule has 0 N–H and O–H groups in total. The first-order valence-corrected chi connectivity index (χ1v) is 9.94. The zero-order valence-electron chi connectivity index (χ0n) is 16.0. The average Bonchev–Trinajstić information content (AvgIpc) is 2.91. The summed E-state index contributed by atoms with van der Waals surface area (Å²) in [6, 6.07) is 5.38. The number of likely N-dealkylation sites (N-methyl/N-ethyl adjacent to an activating group) is 1. The molecule has 1 fully saturated rings. The maximum atomic E-state index is 6.10. The molecule has 0 unspecified atom stereocenters. The summed E-state index contributed by atoms with van der Waals surface area (Å²) >= 11 is 18.3. The van der Waals surface area contributed by atoms with E-state index < -0.39 is 3.79 Å². The number of nitrogens with zero attached hydrogens (tertiary/aromatic N) is 5. The van der Waals surface area contributed by atoms with E-state index in [1.807, 2.05) is 0 Å². The molecule has 7 nitrogen and oxygen atoms in total. The molecule has 1 aliphatic heterocycles. The molecule has 152 valence electrons. The largest absolute Gasteiger partial charge is 0.497 e. The summed E-state index contributed by atoms with van der Waals surface area (Å²) in [7, 11) is 5.26. The summed E-state index contributed by atoms with van der Waals surface area (Å²) in [6.45, 7) is 3.51. The minimum Gasteiger partial charge on any atom is -0.497 e. The van der Waals surface area contributed by atoms with E-state index in [0.29, 0.717) is 28.8 Å². The van der Waals surface area contributed by atoms with E-state index in [1.54, 1.807) is 32.4 Å². The monoisotopic (exact) mass is 445 g/mol. The molecular weight excluding hydrogens is 425 g/mol. The number of alkyl halides is 3. The highest BCUT2D eigenvalue weighted by Crippen LogP contribution is 2.38. The Kier molecular flexibility index (Phi) is 6.70. The van der Waals surface area contributed by atoms with Crippen molar-refractivity contribution in [3.63, 3.8) is 0 Å². The van der Waals surface area contributed by atoms with Gasteiger partial charge in [0, 0.05) is 31.3 Å². The summed E-state index contributed by atoms with van der Waals surface area (Å²) in [5, 5.41) is 0. The molecule has 0 atom stereocenters. The minimum absolute atomic E-state index is 0.0805. The van der Waals surface area contributed by atoms with Crippen LogP contribution in [0.2, 0.25) is 0 Å². The molecule has 2 aromatic rings. The van der Waals surface area contributed by atoms with Gasteiger partial charge < -0.3 is 19.3 Å². The van der Waals surface area contributed by atoms with Gasteiger partial charge in [0.2, 0.25) is 9.74 Å². The fourth-order valence-electron chi connectivity index (χ4n) is 2.95. The number of hydrogen-bond acceptors (Lipinski definition) is 7. The topological polar surface area (TPSA) is 63.6 Å². The van der Waals surface area contributed by atoms with E-state index >= 15 is 0 Å². The molecule has 1 saturated heterocycles. The third-order valence-corrected chi connectivity index (χ3v) is 5.00. The Morgan fingerprint density at radius 1 is 0.893 bits per heavy atom. The number of methoxy groups -OCH3 is 2. The summed E-state index contributed by atoms with van der Waals surface area (Å²) in [4.78, 5) is 17.8. The number of halogens is 3. The van der Waals surface area contributed by atoms with Crippen molar-refractivity contribution in [2.24, 2.45) is 0 Å². The molecule has 1 aliphatic rings. The number of aromatic nitrogens is 3. The van der Waals surface area contributed by atoms with Gasteiger partial charge in [0.05, 0.1) is 14.2 Å². The Bertz CT molecular complexity index is 809. The highest BCUT2D eigenvalue weighted by Gasteiger charge is 2.30. The number of benzene rings is 1. The van der Waals surface area contributed by atoms with Crippen LogP contribution in [-0.4, -0.2) is 67.3 Å². The van der Waals surface area contributed by atoms with Crippen LogP contribution in [0.15, 0.2) is 18.2 Å². The average molecular weight is 447 g/mol. The molecule has 1 aromatic heterocycles. The maximum Gasteiger partial charge on any atom is 0.250 e. The standard InChI is InChI=1S/C18H22Cl3N5O2/c1-25-5-4-6-26(8-7-25)17-23-15(22-16(24-17)18(19,20)21)12-9-13(27-2)11-14(10-12)28-3/h9-11H,4-8H2,1-3H3. The normalized spacial score (nSPS) is 16.0. The molecule has 3 rings (SSSR count). The van der Waals surface area contributed by atoms with Gasteiger partial charge in [0.15, 0.2) is 11.6 Å². The molecule has 0 aliphatic carbocycles. The van der Waals surface area contributed by atoms with Crippen LogP contribution in [0, 0.1) is 0 Å². The molecule has 10 heteroatoms. The van der Waals surface area contributed by atoms with Crippen molar-refractivity contribution in [2.75, 3.05) is 52.3 Å². The quantitative estimate of drug-likeness (QED) is 0.666. The van der Waals surface area contributed by atoms with Gasteiger partial charge in [-0.25, -0.2) is 4.98 Å². The van der Waals surface area contributed by atoms with Crippen LogP contribution in [0.3, 0.4) is 0 Å². The van der Waals surface area contributed by atoms with Crippen molar-refractivity contribution >= 4 is 40.8 Å². The van der Waals surface area contributed by atoms with E-state index in [0.717, 1.165) is 32.6 Å². The molecule has 28 heavy (non-hydrogen) atoms. The Hall–Kier alpha value is -1.54. The molecule has 0 spiro atoms. The van der Waals surface area contributed by atoms with Gasteiger partial charge in [0.25, 0.3) is 0 Å². The van der Waals surface area contributed by atoms with Gasteiger partial charge in [-0.15, -0.1) is 0 Å². The lowest BCUT2D eigenvalue weighted by Crippen LogP contribution is -2.31. The zero-order valence-corrected chi connectivity index (χ0v) is 18.2. The molecule has 1 aromatic carbocycles. The van der Waals surface area contributed by atoms with Gasteiger partial charge in [-0.3, -0.25) is 0 Å². The first kappa shape index (κ1) is 21.2. The van der Waals surface area contributed by atoms with Gasteiger partial charge in [0.1, 0.15) is 11.5 Å². The smallest absolute Gasteiger partial charge is 0.250 e. The van der Waals surface area contributed by atoms with Crippen molar-refractivity contribution in [3.05, 3.63) is 24.0 Å². The van der Waals surface area contributed by atoms with Crippen LogP contribution < -0.4 is 14.4 Å². The fourth-order valence-corrected chi connectivity index (χ4v) is 3.20. The molecule has 0 bridgehead atoms. The highest BCUT2D eigenvalue weighted by molar-refractivity contribution is 6.66. The zero-order chi connectivity index (χ0) is 20.3. The van der Waals surface area contributed by atoms with E-state index in [1.165, 1.54) is 0 Å². The number of ether oxygens (including phenoxy) is 2. The second-order valence-corrected chi connectivity index (χ2v) is 8.81. The highest BCUT2D eigenvalue weighted by atomic mass is 35.6. The minimum atomic E-state index is -1.77. The van der Waals surface area contributed by atoms with Crippen LogP contribution >= 0.6 is 34.8 Å². The van der Waals surface area contributed by atoms with Gasteiger partial charge in [-0.2, -0.15) is 9.97 Å². The second kappa shape index (κ2) is 8.86. The third-order valence-electron chi connectivity index (χ3n) is 4.49. The van der Waals surface area contributed by atoms with Crippen molar-refractivity contribution < 1.29 is 9.47 Å². The predicted molar refractivity (Wildman–Crippen MR) is 112 cm³/mol. The van der Waals surface area contributed by atoms with Crippen LogP contribution in [0.4, 0.5) is 5.95 Å². The summed E-state index contributed by atoms with van der Waals surface area (Å²) < 4.78 is 8.93. The van der Waals surface area contributed by atoms with E-state index in [9.17, 15) is 0 Å². The summed E-state index contributed by atoms with van der Waals surface area (Å²) in [6.07, 6.45) is 0.994. The van der Waals surface area contributed by atoms with E-state index in [4.69, 9.17) is 44.3 Å². The van der Waals surface area contributed by atoms with E-state index in [-0.39, 0.29) is 5.82 Å². The number of anilines is 1. The SMILES string of the molecule is COc1cc(OC)cc(-c2nc(N3CCCN(C)CC3)nc(C(Cl)(Cl)Cl)n2)c1. The summed E-state index contributed by atoms with van der Waals surface area (Å²) in [5.74, 6) is 2.19. The molecule has 2 heterocycles. The lowest BCUT2D eigenvalue weighted by atomic mass is 10.2. The predicted octanol–water partition coefficient (Wildman–Crippen LogP) is 3.52. The van der Waals surface area contributed by atoms with Crippen molar-refractivity contribution in [3.8, 4) is 22.9 Å². The Morgan fingerprint density at radius 3 is 2.18 bits per heavy atom. The van der Waals surface area contributed by atoms with Crippen LogP contribution in [0.5, 0.6) is 11.5 Å². The first-order chi connectivity index (χ1) is 13.3. The summed E-state index contributed by atoms with van der Waals surface area (Å²) in [5.41, 5.74) is 0.683. The Morgan fingerprint density at radius 2 is 1.57 bits per heavy atom. The van der Waals surface area contributed by atoms with Crippen LogP contribution in [0.25, 0.3) is 11.4 Å². The van der Waals surface area contributed by atoms with Crippen LogP contribution in [-0.2, 0) is 3.79 Å². The second-order valence-electron chi connectivity index (χ2n) is 6.53. The number of hydrogen-bond donors (Lipinski definition) is 0. The fraction of sp³-hybridized carbons (Fsp3) is 0.500.